The van der Waals surface area contributed by atoms with Crippen LogP contribution in [0.25, 0.3) is 0 Å². The summed E-state index contributed by atoms with van der Waals surface area (Å²) in [6.45, 7) is 5.48. The van der Waals surface area contributed by atoms with Crippen LogP contribution in [0.1, 0.15) is 25.8 Å². The molecule has 3 heteroatoms. The highest BCUT2D eigenvalue weighted by Crippen LogP contribution is 2.31. The molecule has 0 saturated carbocycles. The summed E-state index contributed by atoms with van der Waals surface area (Å²) in [4.78, 5) is 0. The molecule has 1 aromatic rings. The highest BCUT2D eigenvalue weighted by molar-refractivity contribution is 6.30. The average Bonchev–Trinajstić information content (AvgIpc) is 2.29. The molecule has 0 heterocycles. The molecule has 2 nitrogen and oxygen atoms in total. The fraction of sp³-hybridized carbons (Fsp3) is 0.571. The van der Waals surface area contributed by atoms with Gasteiger partial charge in [-0.05, 0) is 49.1 Å². The summed E-state index contributed by atoms with van der Waals surface area (Å²) in [6, 6.07) is 5.81. The number of hydrogen-bond acceptors (Lipinski definition) is 2. The third kappa shape index (κ3) is 3.90. The first-order valence-electron chi connectivity index (χ1n) is 6.01. The van der Waals surface area contributed by atoms with Gasteiger partial charge in [-0.2, -0.15) is 0 Å². The first kappa shape index (κ1) is 14.3. The van der Waals surface area contributed by atoms with Crippen molar-refractivity contribution in [1.29, 1.82) is 0 Å². The third-order valence-corrected chi connectivity index (χ3v) is 3.55. The van der Waals surface area contributed by atoms with Crippen molar-refractivity contribution < 1.29 is 4.74 Å². The third-order valence-electron chi connectivity index (χ3n) is 3.32. The quantitative estimate of drug-likeness (QED) is 0.840. The normalized spacial score (nSPS) is 14.4. The summed E-state index contributed by atoms with van der Waals surface area (Å²) in [5.74, 6) is 0.921. The Labute approximate surface area is 109 Å². The van der Waals surface area contributed by atoms with Crippen molar-refractivity contribution in [2.24, 2.45) is 5.41 Å². The summed E-state index contributed by atoms with van der Waals surface area (Å²) in [5, 5.41) is 4.03. The van der Waals surface area contributed by atoms with E-state index in [-0.39, 0.29) is 5.41 Å². The number of nitrogens with one attached hydrogen (secondary N) is 1. The maximum absolute atomic E-state index is 6.05. The molecular weight excluding hydrogens is 234 g/mol. The van der Waals surface area contributed by atoms with Crippen LogP contribution in [0.15, 0.2) is 18.2 Å². The van der Waals surface area contributed by atoms with Gasteiger partial charge in [-0.25, -0.2) is 0 Å². The van der Waals surface area contributed by atoms with Crippen LogP contribution < -0.4 is 10.1 Å². The van der Waals surface area contributed by atoms with Crippen LogP contribution >= 0.6 is 11.6 Å². The summed E-state index contributed by atoms with van der Waals surface area (Å²) < 4.78 is 5.39. The van der Waals surface area contributed by atoms with E-state index in [1.54, 1.807) is 7.11 Å². The van der Waals surface area contributed by atoms with Gasteiger partial charge in [-0.15, -0.1) is 0 Å². The fourth-order valence-electron chi connectivity index (χ4n) is 2.08. The molecule has 1 atom stereocenters. The number of ether oxygens (including phenoxy) is 1. The Morgan fingerprint density at radius 2 is 2.12 bits per heavy atom. The molecule has 0 aliphatic carbocycles. The zero-order valence-corrected chi connectivity index (χ0v) is 11.9. The molecule has 0 aliphatic rings. The Balaban J connectivity index is 2.95. The van der Waals surface area contributed by atoms with Gasteiger partial charge in [0.05, 0.1) is 7.11 Å². The molecule has 0 saturated heterocycles. The number of methoxy groups -OCH3 is 1. The topological polar surface area (TPSA) is 21.3 Å². The SMILES string of the molecule is CCC(C)(CNC)Cc1cc(Cl)ccc1OC. The molecule has 0 spiro atoms. The lowest BCUT2D eigenvalue weighted by atomic mass is 9.81. The van der Waals surface area contributed by atoms with Gasteiger partial charge in [-0.3, -0.25) is 0 Å². The van der Waals surface area contributed by atoms with Crippen LogP contribution in [-0.4, -0.2) is 20.7 Å². The fourth-order valence-corrected chi connectivity index (χ4v) is 2.28. The largest absolute Gasteiger partial charge is 0.496 e. The first-order chi connectivity index (χ1) is 8.04. The molecule has 0 bridgehead atoms. The molecule has 0 fully saturated rings. The molecule has 1 N–H and O–H groups in total. The number of hydrogen-bond donors (Lipinski definition) is 1. The minimum Gasteiger partial charge on any atom is -0.496 e. The van der Waals surface area contributed by atoms with Crippen molar-refractivity contribution in [1.82, 2.24) is 5.32 Å². The average molecular weight is 256 g/mol. The summed E-state index contributed by atoms with van der Waals surface area (Å²) >= 11 is 6.05. The van der Waals surface area contributed by atoms with Crippen molar-refractivity contribution >= 4 is 11.6 Å². The van der Waals surface area contributed by atoms with Gasteiger partial charge in [0.2, 0.25) is 0 Å². The Kier molecular flexibility index (Phi) is 5.29. The van der Waals surface area contributed by atoms with Crippen LogP contribution in [0.3, 0.4) is 0 Å². The highest BCUT2D eigenvalue weighted by Gasteiger charge is 2.23. The summed E-state index contributed by atoms with van der Waals surface area (Å²) in [6.07, 6.45) is 2.08. The van der Waals surface area contributed by atoms with E-state index in [4.69, 9.17) is 16.3 Å². The second kappa shape index (κ2) is 6.27. The smallest absolute Gasteiger partial charge is 0.122 e. The first-order valence-corrected chi connectivity index (χ1v) is 6.39. The zero-order chi connectivity index (χ0) is 12.9. The van der Waals surface area contributed by atoms with Gasteiger partial charge in [0, 0.05) is 11.6 Å². The van der Waals surface area contributed by atoms with Crippen LogP contribution in [0.5, 0.6) is 5.75 Å². The molecule has 1 unspecified atom stereocenters. The lowest BCUT2D eigenvalue weighted by molar-refractivity contribution is 0.293. The summed E-state index contributed by atoms with van der Waals surface area (Å²) in [5.41, 5.74) is 1.41. The molecule has 0 aliphatic heterocycles. The summed E-state index contributed by atoms with van der Waals surface area (Å²) in [7, 11) is 3.69. The number of rotatable bonds is 6. The van der Waals surface area contributed by atoms with E-state index >= 15 is 0 Å². The Bertz CT molecular complexity index is 367. The van der Waals surface area contributed by atoms with Gasteiger partial charge in [0.1, 0.15) is 5.75 Å². The van der Waals surface area contributed by atoms with Crippen molar-refractivity contribution in [3.63, 3.8) is 0 Å². The van der Waals surface area contributed by atoms with Crippen molar-refractivity contribution in [3.8, 4) is 5.75 Å². The lowest BCUT2D eigenvalue weighted by Gasteiger charge is -2.28. The van der Waals surface area contributed by atoms with E-state index in [9.17, 15) is 0 Å². The molecule has 0 amide bonds. The maximum Gasteiger partial charge on any atom is 0.122 e. The van der Waals surface area contributed by atoms with Gasteiger partial charge in [-0.1, -0.05) is 25.4 Å². The van der Waals surface area contributed by atoms with Crippen LogP contribution in [0.2, 0.25) is 5.02 Å². The molecule has 0 radical (unpaired) electrons. The van der Waals surface area contributed by atoms with E-state index in [0.29, 0.717) is 0 Å². The molecule has 1 aromatic carbocycles. The monoisotopic (exact) mass is 255 g/mol. The molecule has 1 rings (SSSR count). The van der Waals surface area contributed by atoms with E-state index in [1.807, 2.05) is 25.2 Å². The minimum atomic E-state index is 0.229. The Hall–Kier alpha value is -0.730. The second-order valence-electron chi connectivity index (χ2n) is 4.83. The standard InChI is InChI=1S/C14H22ClNO/c1-5-14(2,10-16-3)9-11-8-12(15)6-7-13(11)17-4/h6-8,16H,5,9-10H2,1-4H3. The maximum atomic E-state index is 6.05. The molecule has 0 aromatic heterocycles. The number of halogens is 1. The zero-order valence-electron chi connectivity index (χ0n) is 11.1. The Morgan fingerprint density at radius 1 is 1.41 bits per heavy atom. The minimum absolute atomic E-state index is 0.229. The molecular formula is C14H22ClNO. The van der Waals surface area contributed by atoms with Gasteiger partial charge >= 0.3 is 0 Å². The van der Waals surface area contributed by atoms with Gasteiger partial charge in [0.25, 0.3) is 0 Å². The lowest BCUT2D eigenvalue weighted by Crippen LogP contribution is -2.31. The van der Waals surface area contributed by atoms with E-state index in [2.05, 4.69) is 19.2 Å². The highest BCUT2D eigenvalue weighted by atomic mass is 35.5. The second-order valence-corrected chi connectivity index (χ2v) is 5.26. The molecule has 96 valence electrons. The predicted octanol–water partition coefficient (Wildman–Crippen LogP) is 3.53. The van der Waals surface area contributed by atoms with Crippen LogP contribution in [0.4, 0.5) is 0 Å². The predicted molar refractivity (Wildman–Crippen MR) is 74.0 cm³/mol. The van der Waals surface area contributed by atoms with E-state index < -0.39 is 0 Å². The van der Waals surface area contributed by atoms with E-state index in [0.717, 1.165) is 30.2 Å². The van der Waals surface area contributed by atoms with E-state index in [1.165, 1.54) is 5.56 Å². The number of benzene rings is 1. The van der Waals surface area contributed by atoms with Crippen molar-refractivity contribution in [3.05, 3.63) is 28.8 Å². The van der Waals surface area contributed by atoms with Crippen LogP contribution in [0, 0.1) is 5.41 Å². The van der Waals surface area contributed by atoms with Gasteiger partial charge < -0.3 is 10.1 Å². The Morgan fingerprint density at radius 3 is 2.65 bits per heavy atom. The van der Waals surface area contributed by atoms with Crippen molar-refractivity contribution in [2.75, 3.05) is 20.7 Å². The van der Waals surface area contributed by atoms with Gasteiger partial charge in [0.15, 0.2) is 0 Å². The van der Waals surface area contributed by atoms with Crippen molar-refractivity contribution in [2.45, 2.75) is 26.7 Å². The molecule has 17 heavy (non-hydrogen) atoms. The van der Waals surface area contributed by atoms with Crippen LogP contribution in [-0.2, 0) is 6.42 Å².